The van der Waals surface area contributed by atoms with Gasteiger partial charge < -0.3 is 10.2 Å². The van der Waals surface area contributed by atoms with E-state index < -0.39 is 0 Å². The van der Waals surface area contributed by atoms with Gasteiger partial charge in [0.15, 0.2) is 0 Å². The fourth-order valence-corrected chi connectivity index (χ4v) is 4.00. The maximum atomic E-state index is 13.3. The van der Waals surface area contributed by atoms with Gasteiger partial charge in [-0.1, -0.05) is 42.5 Å². The normalized spacial score (nSPS) is 22.0. The molecule has 28 heavy (non-hydrogen) atoms. The summed E-state index contributed by atoms with van der Waals surface area (Å²) in [4.78, 5) is 27.5. The summed E-state index contributed by atoms with van der Waals surface area (Å²) < 4.78 is 13.3. The lowest BCUT2D eigenvalue weighted by atomic mass is 9.88. The van der Waals surface area contributed by atoms with Crippen LogP contribution in [-0.4, -0.2) is 23.3 Å². The van der Waals surface area contributed by atoms with Crippen LogP contribution in [0, 0.1) is 17.7 Å². The molecule has 0 unspecified atom stereocenters. The first kappa shape index (κ1) is 18.7. The number of nitrogens with one attached hydrogen (secondary N) is 1. The zero-order valence-electron chi connectivity index (χ0n) is 15.8. The number of halogens is 1. The molecule has 0 bridgehead atoms. The van der Waals surface area contributed by atoms with Crippen molar-refractivity contribution in [2.45, 2.75) is 38.3 Å². The second-order valence-corrected chi connectivity index (χ2v) is 7.81. The number of nitrogens with zero attached hydrogens (tertiary/aromatic N) is 1. The van der Waals surface area contributed by atoms with Gasteiger partial charge in [0.1, 0.15) is 5.82 Å². The molecule has 146 valence electrons. The number of hydrogen-bond donors (Lipinski definition) is 1. The summed E-state index contributed by atoms with van der Waals surface area (Å²) in [5, 5.41) is 2.91. The molecule has 1 N–H and O–H groups in total. The molecule has 2 aliphatic rings. The van der Waals surface area contributed by atoms with Crippen molar-refractivity contribution in [2.75, 3.05) is 6.54 Å². The Hall–Kier alpha value is -2.69. The van der Waals surface area contributed by atoms with Gasteiger partial charge in [-0.15, -0.1) is 0 Å². The number of likely N-dealkylation sites (tertiary alicyclic amines) is 1. The minimum Gasteiger partial charge on any atom is -0.352 e. The zero-order chi connectivity index (χ0) is 19.5. The lowest BCUT2D eigenvalue weighted by Gasteiger charge is -2.39. The molecule has 2 atom stereocenters. The van der Waals surface area contributed by atoms with Crippen LogP contribution in [0.15, 0.2) is 54.6 Å². The first-order valence-electron chi connectivity index (χ1n) is 9.99. The molecule has 1 aliphatic carbocycles. The number of hydrogen-bond acceptors (Lipinski definition) is 2. The van der Waals surface area contributed by atoms with Crippen LogP contribution in [0.2, 0.25) is 0 Å². The van der Waals surface area contributed by atoms with Crippen molar-refractivity contribution in [2.24, 2.45) is 11.8 Å². The molecule has 2 aromatic rings. The Morgan fingerprint density at radius 3 is 2.43 bits per heavy atom. The Morgan fingerprint density at radius 2 is 1.71 bits per heavy atom. The van der Waals surface area contributed by atoms with Gasteiger partial charge in [-0.2, -0.15) is 0 Å². The number of rotatable bonds is 5. The van der Waals surface area contributed by atoms with Crippen molar-refractivity contribution in [3.05, 3.63) is 71.5 Å². The van der Waals surface area contributed by atoms with Crippen LogP contribution in [-0.2, 0) is 16.1 Å². The Balaban J connectivity index is 1.43. The van der Waals surface area contributed by atoms with E-state index in [1.165, 1.54) is 12.1 Å². The van der Waals surface area contributed by atoms with Gasteiger partial charge in [-0.05, 0) is 48.9 Å². The van der Waals surface area contributed by atoms with Crippen LogP contribution in [0.25, 0.3) is 0 Å². The molecule has 4 rings (SSSR count). The van der Waals surface area contributed by atoms with Crippen molar-refractivity contribution < 1.29 is 14.0 Å². The van der Waals surface area contributed by atoms with Crippen LogP contribution in [0.1, 0.15) is 42.9 Å². The monoisotopic (exact) mass is 380 g/mol. The fourth-order valence-electron chi connectivity index (χ4n) is 4.00. The molecular weight excluding hydrogens is 355 g/mol. The quantitative estimate of drug-likeness (QED) is 0.857. The molecule has 1 heterocycles. The third-order valence-electron chi connectivity index (χ3n) is 5.70. The minimum absolute atomic E-state index is 0.0431. The Morgan fingerprint density at radius 1 is 0.964 bits per heavy atom. The predicted octanol–water partition coefficient (Wildman–Crippen LogP) is 3.83. The zero-order valence-corrected chi connectivity index (χ0v) is 15.8. The van der Waals surface area contributed by atoms with Crippen LogP contribution in [0.3, 0.4) is 0 Å². The average molecular weight is 380 g/mol. The van der Waals surface area contributed by atoms with Crippen molar-refractivity contribution in [3.8, 4) is 0 Å². The lowest BCUT2D eigenvalue weighted by Crippen LogP contribution is -2.47. The van der Waals surface area contributed by atoms with Crippen molar-refractivity contribution in [3.63, 3.8) is 0 Å². The number of carbonyl (C=O) groups excluding carboxylic acids is 2. The van der Waals surface area contributed by atoms with Crippen LogP contribution < -0.4 is 5.32 Å². The number of benzene rings is 2. The summed E-state index contributed by atoms with van der Waals surface area (Å²) in [6.45, 7) is 0.746. The summed E-state index contributed by atoms with van der Waals surface area (Å²) in [7, 11) is 0. The summed E-state index contributed by atoms with van der Waals surface area (Å²) in [6.07, 6.45) is 3.42. The highest BCUT2D eigenvalue weighted by Gasteiger charge is 2.41. The van der Waals surface area contributed by atoms with Gasteiger partial charge in [0.05, 0.1) is 12.0 Å². The largest absolute Gasteiger partial charge is 0.352 e. The van der Waals surface area contributed by atoms with Crippen molar-refractivity contribution in [1.29, 1.82) is 0 Å². The molecule has 0 spiro atoms. The molecule has 1 saturated heterocycles. The van der Waals surface area contributed by atoms with Gasteiger partial charge in [0, 0.05) is 19.0 Å². The number of piperidine rings is 1. The lowest BCUT2D eigenvalue weighted by molar-refractivity contribution is -0.140. The molecule has 0 radical (unpaired) electrons. The van der Waals surface area contributed by atoms with E-state index in [9.17, 15) is 14.0 Å². The molecular formula is C23H25FN2O2. The van der Waals surface area contributed by atoms with Gasteiger partial charge in [-0.3, -0.25) is 9.59 Å². The topological polar surface area (TPSA) is 49.4 Å². The van der Waals surface area contributed by atoms with Crippen LogP contribution in [0.4, 0.5) is 4.39 Å². The molecule has 4 nitrogen and oxygen atoms in total. The van der Waals surface area contributed by atoms with E-state index in [1.54, 1.807) is 12.1 Å². The van der Waals surface area contributed by atoms with E-state index in [-0.39, 0.29) is 35.5 Å². The summed E-state index contributed by atoms with van der Waals surface area (Å²) in [6, 6.07) is 16.4. The van der Waals surface area contributed by atoms with E-state index in [4.69, 9.17) is 0 Å². The van der Waals surface area contributed by atoms with Gasteiger partial charge in [0.25, 0.3) is 0 Å². The highest BCUT2D eigenvalue weighted by molar-refractivity contribution is 5.84. The number of amides is 2. The molecule has 2 aromatic carbocycles. The third kappa shape index (κ3) is 4.24. The number of carbonyl (C=O) groups is 2. The van der Waals surface area contributed by atoms with E-state index in [2.05, 4.69) is 17.4 Å². The van der Waals surface area contributed by atoms with Gasteiger partial charge >= 0.3 is 0 Å². The Labute approximate surface area is 164 Å². The van der Waals surface area contributed by atoms with Crippen molar-refractivity contribution >= 4 is 11.8 Å². The fraction of sp³-hybridized carbons (Fsp3) is 0.391. The van der Waals surface area contributed by atoms with E-state index in [0.717, 1.165) is 36.8 Å². The highest BCUT2D eigenvalue weighted by Crippen LogP contribution is 2.39. The molecule has 5 heteroatoms. The van der Waals surface area contributed by atoms with Gasteiger partial charge in [-0.25, -0.2) is 4.39 Å². The third-order valence-corrected chi connectivity index (χ3v) is 5.70. The smallest absolute Gasteiger partial charge is 0.226 e. The Kier molecular flexibility index (Phi) is 5.42. The molecule has 0 aromatic heterocycles. The summed E-state index contributed by atoms with van der Waals surface area (Å²) in [5.74, 6) is -0.297. The molecule has 2 fully saturated rings. The first-order chi connectivity index (χ1) is 13.6. The van der Waals surface area contributed by atoms with Gasteiger partial charge in [0.2, 0.25) is 11.8 Å². The summed E-state index contributed by atoms with van der Waals surface area (Å²) >= 11 is 0. The SMILES string of the molecule is O=C(NCc1cccc(F)c1)[C@@H]1CC[C@@H](c2ccccc2)N(C(=O)C2CC2)C1. The van der Waals surface area contributed by atoms with Crippen LogP contribution in [0.5, 0.6) is 0 Å². The minimum atomic E-state index is -0.309. The van der Waals surface area contributed by atoms with E-state index in [0.29, 0.717) is 13.1 Å². The predicted molar refractivity (Wildman–Crippen MR) is 105 cm³/mol. The average Bonchev–Trinajstić information content (AvgIpc) is 3.57. The maximum Gasteiger partial charge on any atom is 0.226 e. The second-order valence-electron chi connectivity index (χ2n) is 7.81. The first-order valence-corrected chi connectivity index (χ1v) is 9.99. The molecule has 1 saturated carbocycles. The molecule has 2 amide bonds. The van der Waals surface area contributed by atoms with Crippen LogP contribution >= 0.6 is 0 Å². The highest BCUT2D eigenvalue weighted by atomic mass is 19.1. The maximum absolute atomic E-state index is 13.3. The standard InChI is InChI=1S/C23H25FN2O2/c24-20-8-4-5-16(13-20)14-25-22(27)19-11-12-21(17-6-2-1-3-7-17)26(15-19)23(28)18-9-10-18/h1-8,13,18-19,21H,9-12,14-15H2,(H,25,27)/t19-,21+/m1/s1. The summed E-state index contributed by atoms with van der Waals surface area (Å²) in [5.41, 5.74) is 1.87. The van der Waals surface area contributed by atoms with E-state index in [1.807, 2.05) is 23.1 Å². The second kappa shape index (κ2) is 8.13. The van der Waals surface area contributed by atoms with Crippen molar-refractivity contribution in [1.82, 2.24) is 10.2 Å². The Bertz CT molecular complexity index is 851. The molecule has 1 aliphatic heterocycles. The van der Waals surface area contributed by atoms with E-state index >= 15 is 0 Å².